The monoisotopic (exact) mass is 389 g/mol. The van der Waals surface area contributed by atoms with Crippen LogP contribution in [0.5, 0.6) is 0 Å². The number of hydrogen-bond donors (Lipinski definition) is 2. The molecule has 0 fully saturated rings. The molecule has 0 aliphatic carbocycles. The lowest BCUT2D eigenvalue weighted by atomic mass is 9.82. The minimum atomic E-state index is -3.35. The lowest BCUT2D eigenvalue weighted by Gasteiger charge is -2.25. The van der Waals surface area contributed by atoms with E-state index >= 15 is 0 Å². The maximum Gasteiger partial charge on any atom is 0.315 e. The molecule has 1 amide bonds. The molecule has 1 unspecified atom stereocenters. The van der Waals surface area contributed by atoms with Gasteiger partial charge in [-0.3, -0.25) is 9.59 Å². The molecular weight excluding hydrogens is 366 g/mol. The van der Waals surface area contributed by atoms with Gasteiger partial charge in [0.05, 0.1) is 17.1 Å². The maximum absolute atomic E-state index is 12.3. The molecule has 0 radical (unpaired) electrons. The Morgan fingerprint density at radius 1 is 1.07 bits per heavy atom. The number of carbonyl (C=O) groups excluding carboxylic acids is 1. The second kappa shape index (κ2) is 8.35. The van der Waals surface area contributed by atoms with Gasteiger partial charge in [0.15, 0.2) is 9.84 Å². The van der Waals surface area contributed by atoms with Gasteiger partial charge in [0.2, 0.25) is 5.91 Å². The number of amides is 1. The van der Waals surface area contributed by atoms with E-state index in [0.717, 1.165) is 0 Å². The number of carboxylic acids is 1. The first-order valence-corrected chi connectivity index (χ1v) is 10.2. The van der Waals surface area contributed by atoms with Crippen LogP contribution < -0.4 is 5.32 Å². The van der Waals surface area contributed by atoms with Gasteiger partial charge in [-0.25, -0.2) is 8.42 Å². The second-order valence-corrected chi connectivity index (χ2v) is 8.79. The lowest BCUT2D eigenvalue weighted by Crippen LogP contribution is -2.44. The first-order chi connectivity index (χ1) is 12.7. The molecule has 0 aliphatic heterocycles. The van der Waals surface area contributed by atoms with Crippen molar-refractivity contribution >= 4 is 21.7 Å². The molecule has 2 aromatic carbocycles. The van der Waals surface area contributed by atoms with E-state index in [1.807, 2.05) is 0 Å². The van der Waals surface area contributed by atoms with Crippen LogP contribution in [-0.2, 0) is 31.3 Å². The smallest absolute Gasteiger partial charge is 0.315 e. The minimum Gasteiger partial charge on any atom is -0.481 e. The first-order valence-electron chi connectivity index (χ1n) is 8.56. The molecule has 2 N–H and O–H groups in total. The number of hydrogen-bond acceptors (Lipinski definition) is 4. The van der Waals surface area contributed by atoms with E-state index in [0.29, 0.717) is 11.1 Å². The van der Waals surface area contributed by atoms with E-state index in [1.54, 1.807) is 56.3 Å². The summed E-state index contributed by atoms with van der Waals surface area (Å²) in [6, 6.07) is 14.9. The molecule has 0 aliphatic rings. The Kier molecular flexibility index (Phi) is 6.38. The molecule has 2 rings (SSSR count). The Bertz CT molecular complexity index is 924. The fraction of sp³-hybridized carbons (Fsp3) is 0.300. The highest BCUT2D eigenvalue weighted by molar-refractivity contribution is 7.91. The minimum absolute atomic E-state index is 0.0172. The van der Waals surface area contributed by atoms with Gasteiger partial charge in [-0.1, -0.05) is 49.4 Å². The van der Waals surface area contributed by atoms with E-state index in [1.165, 1.54) is 12.1 Å². The highest BCUT2D eigenvalue weighted by atomic mass is 32.2. The highest BCUT2D eigenvalue weighted by Gasteiger charge is 2.35. The molecule has 27 heavy (non-hydrogen) atoms. The quantitative estimate of drug-likeness (QED) is 0.721. The number of carboxylic acid groups (broad SMARTS) is 1. The Balaban J connectivity index is 2.10. The van der Waals surface area contributed by atoms with Gasteiger partial charge < -0.3 is 10.4 Å². The average Bonchev–Trinajstić information content (AvgIpc) is 2.66. The van der Waals surface area contributed by atoms with Crippen LogP contribution in [0.3, 0.4) is 0 Å². The average molecular weight is 389 g/mol. The summed E-state index contributed by atoms with van der Waals surface area (Å²) in [5.74, 6) is -1.43. The molecule has 0 aromatic heterocycles. The summed E-state index contributed by atoms with van der Waals surface area (Å²) in [5.41, 5.74) is -0.114. The van der Waals surface area contributed by atoms with Gasteiger partial charge in [0.1, 0.15) is 5.41 Å². The molecule has 2 aromatic rings. The van der Waals surface area contributed by atoms with Crippen molar-refractivity contribution in [3.63, 3.8) is 0 Å². The molecule has 0 spiro atoms. The first kappa shape index (κ1) is 20.6. The summed E-state index contributed by atoms with van der Waals surface area (Å²) in [6.45, 7) is 3.04. The Morgan fingerprint density at radius 3 is 2.33 bits per heavy atom. The Labute approximate surface area is 159 Å². The molecule has 0 bridgehead atoms. The third kappa shape index (κ3) is 4.95. The summed E-state index contributed by atoms with van der Waals surface area (Å²) < 4.78 is 23.9. The van der Waals surface area contributed by atoms with E-state index in [2.05, 4.69) is 5.32 Å². The van der Waals surface area contributed by atoms with Crippen LogP contribution in [0.2, 0.25) is 0 Å². The fourth-order valence-electron chi connectivity index (χ4n) is 2.65. The van der Waals surface area contributed by atoms with Crippen molar-refractivity contribution in [1.29, 1.82) is 0 Å². The van der Waals surface area contributed by atoms with Crippen molar-refractivity contribution in [2.45, 2.75) is 30.6 Å². The highest BCUT2D eigenvalue weighted by Crippen LogP contribution is 2.23. The van der Waals surface area contributed by atoms with E-state index in [-0.39, 0.29) is 29.5 Å². The van der Waals surface area contributed by atoms with Crippen LogP contribution in [0.15, 0.2) is 59.5 Å². The lowest BCUT2D eigenvalue weighted by molar-refractivity contribution is -0.143. The van der Waals surface area contributed by atoms with Crippen molar-refractivity contribution < 1.29 is 23.1 Å². The zero-order chi connectivity index (χ0) is 20.1. The number of rotatable bonds is 8. The SMILES string of the molecule is CCS(=O)(=O)c1cccc(CC(=O)NCC(C)(C(=O)O)c2ccccc2)c1. The molecule has 7 heteroatoms. The fourth-order valence-corrected chi connectivity index (χ4v) is 3.60. The van der Waals surface area contributed by atoms with Crippen molar-refractivity contribution in [3.05, 3.63) is 65.7 Å². The number of carbonyl (C=O) groups is 2. The van der Waals surface area contributed by atoms with Gasteiger partial charge >= 0.3 is 5.97 Å². The normalized spacial score (nSPS) is 13.6. The predicted molar refractivity (Wildman–Crippen MR) is 102 cm³/mol. The van der Waals surface area contributed by atoms with Gasteiger partial charge in [-0.05, 0) is 30.2 Å². The van der Waals surface area contributed by atoms with Crippen LogP contribution >= 0.6 is 0 Å². The summed E-state index contributed by atoms with van der Waals surface area (Å²) >= 11 is 0. The molecule has 1 atom stereocenters. The molecule has 144 valence electrons. The van der Waals surface area contributed by atoms with Crippen molar-refractivity contribution in [3.8, 4) is 0 Å². The number of aliphatic carboxylic acids is 1. The third-order valence-electron chi connectivity index (χ3n) is 4.52. The van der Waals surface area contributed by atoms with Crippen LogP contribution in [0.25, 0.3) is 0 Å². The van der Waals surface area contributed by atoms with Crippen LogP contribution in [-0.4, -0.2) is 37.7 Å². The second-order valence-electron chi connectivity index (χ2n) is 6.51. The van der Waals surface area contributed by atoms with E-state index in [9.17, 15) is 23.1 Å². The molecule has 6 nitrogen and oxygen atoms in total. The topological polar surface area (TPSA) is 101 Å². The van der Waals surface area contributed by atoms with Gasteiger partial charge in [0.25, 0.3) is 0 Å². The van der Waals surface area contributed by atoms with Gasteiger partial charge in [0, 0.05) is 6.54 Å². The summed E-state index contributed by atoms with van der Waals surface area (Å²) in [6.07, 6.45) is -0.0302. The zero-order valence-corrected chi connectivity index (χ0v) is 16.1. The summed E-state index contributed by atoms with van der Waals surface area (Å²) in [5, 5.41) is 12.3. The predicted octanol–water partition coefficient (Wildman–Crippen LogP) is 2.18. The summed E-state index contributed by atoms with van der Waals surface area (Å²) in [4.78, 5) is 24.2. The van der Waals surface area contributed by atoms with Crippen LogP contribution in [0.1, 0.15) is 25.0 Å². The standard InChI is InChI=1S/C20H23NO5S/c1-3-27(25,26)17-11-7-8-15(12-17)13-18(22)21-14-20(2,19(23)24)16-9-5-4-6-10-16/h4-12H,3,13-14H2,1-2H3,(H,21,22)(H,23,24). The van der Waals surface area contributed by atoms with Gasteiger partial charge in [-0.2, -0.15) is 0 Å². The van der Waals surface area contributed by atoms with Crippen LogP contribution in [0.4, 0.5) is 0 Å². The van der Waals surface area contributed by atoms with Crippen molar-refractivity contribution in [2.24, 2.45) is 0 Å². The molecular formula is C20H23NO5S. The number of benzene rings is 2. The van der Waals surface area contributed by atoms with Gasteiger partial charge in [-0.15, -0.1) is 0 Å². The third-order valence-corrected chi connectivity index (χ3v) is 6.26. The van der Waals surface area contributed by atoms with E-state index in [4.69, 9.17) is 0 Å². The summed E-state index contributed by atoms with van der Waals surface area (Å²) in [7, 11) is -3.35. The molecule has 0 saturated heterocycles. The Morgan fingerprint density at radius 2 is 1.74 bits per heavy atom. The van der Waals surface area contributed by atoms with Crippen molar-refractivity contribution in [1.82, 2.24) is 5.32 Å². The molecule has 0 heterocycles. The Hall–Kier alpha value is -2.67. The maximum atomic E-state index is 12.3. The zero-order valence-electron chi connectivity index (χ0n) is 15.3. The largest absolute Gasteiger partial charge is 0.481 e. The number of nitrogens with one attached hydrogen (secondary N) is 1. The van der Waals surface area contributed by atoms with Crippen molar-refractivity contribution in [2.75, 3.05) is 12.3 Å². The number of sulfone groups is 1. The molecule has 0 saturated carbocycles. The van der Waals surface area contributed by atoms with E-state index < -0.39 is 21.2 Å². The van der Waals surface area contributed by atoms with Crippen LogP contribution in [0, 0.1) is 0 Å².